The van der Waals surface area contributed by atoms with Crippen LogP contribution in [0.5, 0.6) is 0 Å². The highest BCUT2D eigenvalue weighted by Gasteiger charge is 2.21. The van der Waals surface area contributed by atoms with Crippen LogP contribution in [0.15, 0.2) is 36.5 Å². The Morgan fingerprint density at radius 3 is 2.80 bits per heavy atom. The van der Waals surface area contributed by atoms with Crippen molar-refractivity contribution in [2.75, 3.05) is 31.2 Å². The first-order valence-corrected chi connectivity index (χ1v) is 11.5. The Hall–Kier alpha value is -1.70. The van der Waals surface area contributed by atoms with Crippen molar-refractivity contribution in [3.05, 3.63) is 62.7 Å². The molecule has 0 aliphatic carbocycles. The Labute approximate surface area is 190 Å². The number of ether oxygens (including phenoxy) is 2. The molecule has 5 nitrogen and oxygen atoms in total. The molecule has 2 aromatic heterocycles. The first-order valence-electron chi connectivity index (χ1n) is 9.94. The predicted octanol–water partition coefficient (Wildman–Crippen LogP) is 5.63. The van der Waals surface area contributed by atoms with Gasteiger partial charge in [0.2, 0.25) is 0 Å². The molecule has 0 amide bonds. The maximum absolute atomic E-state index is 6.29. The summed E-state index contributed by atoms with van der Waals surface area (Å²) < 4.78 is 11.5. The molecule has 1 aliphatic heterocycles. The third kappa shape index (κ3) is 4.95. The minimum Gasteiger partial charge on any atom is -0.378 e. The average molecular weight is 464 g/mol. The van der Waals surface area contributed by atoms with Gasteiger partial charge in [-0.05, 0) is 30.2 Å². The number of aromatic nitrogens is 2. The van der Waals surface area contributed by atoms with Crippen molar-refractivity contribution in [3.63, 3.8) is 0 Å². The van der Waals surface area contributed by atoms with Crippen molar-refractivity contribution >= 4 is 40.4 Å². The van der Waals surface area contributed by atoms with Crippen molar-refractivity contribution < 1.29 is 9.47 Å². The molecule has 1 saturated heterocycles. The molecule has 1 aromatic carbocycles. The van der Waals surface area contributed by atoms with Gasteiger partial charge in [-0.15, -0.1) is 11.3 Å². The quantitative estimate of drug-likeness (QED) is 0.454. The summed E-state index contributed by atoms with van der Waals surface area (Å²) in [4.78, 5) is 12.7. The van der Waals surface area contributed by atoms with Gasteiger partial charge in [-0.2, -0.15) is 0 Å². The molecule has 30 heavy (non-hydrogen) atoms. The molecule has 0 N–H and O–H groups in total. The minimum absolute atomic E-state index is 0.393. The molecule has 0 unspecified atom stereocenters. The lowest BCUT2D eigenvalue weighted by Gasteiger charge is -2.27. The molecule has 1 fully saturated rings. The van der Waals surface area contributed by atoms with E-state index in [2.05, 4.69) is 22.9 Å². The van der Waals surface area contributed by atoms with Crippen molar-refractivity contribution in [2.45, 2.75) is 26.6 Å². The fraction of sp³-hybridized carbons (Fsp3) is 0.364. The van der Waals surface area contributed by atoms with E-state index in [9.17, 15) is 0 Å². The molecule has 0 atom stereocenters. The molecule has 158 valence electrons. The number of hydrogen-bond donors (Lipinski definition) is 0. The fourth-order valence-electron chi connectivity index (χ4n) is 3.30. The van der Waals surface area contributed by atoms with Gasteiger partial charge in [0.15, 0.2) is 0 Å². The smallest absolute Gasteiger partial charge is 0.146 e. The molecule has 4 rings (SSSR count). The standard InChI is InChI=1S/C22H23Cl2N3O2S/c1-2-17-12-15(6-7-25-17)22-26-21(27-8-10-28-11-9-27)19(30-22)14-29-13-16-4-3-5-18(23)20(16)24/h3-7,12H,2,8-11,13-14H2,1H3. The van der Waals surface area contributed by atoms with Crippen LogP contribution in [0, 0.1) is 0 Å². The highest BCUT2D eigenvalue weighted by atomic mass is 35.5. The summed E-state index contributed by atoms with van der Waals surface area (Å²) in [5.74, 6) is 0.977. The number of aryl methyl sites for hydroxylation is 1. The van der Waals surface area contributed by atoms with Crippen molar-refractivity contribution in [1.82, 2.24) is 9.97 Å². The molecule has 8 heteroatoms. The van der Waals surface area contributed by atoms with Gasteiger partial charge >= 0.3 is 0 Å². The summed E-state index contributed by atoms with van der Waals surface area (Å²) in [6.45, 7) is 6.03. The maximum Gasteiger partial charge on any atom is 0.146 e. The Bertz CT molecular complexity index is 1010. The van der Waals surface area contributed by atoms with E-state index >= 15 is 0 Å². The molecular weight excluding hydrogens is 441 g/mol. The molecular formula is C22H23Cl2N3O2S. The molecule has 0 bridgehead atoms. The van der Waals surface area contributed by atoms with Gasteiger partial charge in [0, 0.05) is 30.5 Å². The van der Waals surface area contributed by atoms with Crippen LogP contribution in [0.4, 0.5) is 5.82 Å². The van der Waals surface area contributed by atoms with Crippen molar-refractivity contribution in [2.24, 2.45) is 0 Å². The summed E-state index contributed by atoms with van der Waals surface area (Å²) in [6.07, 6.45) is 2.74. The van der Waals surface area contributed by atoms with Crippen LogP contribution in [0.25, 0.3) is 10.6 Å². The molecule has 0 spiro atoms. The second-order valence-electron chi connectivity index (χ2n) is 6.96. The first-order chi connectivity index (χ1) is 14.7. The topological polar surface area (TPSA) is 47.5 Å². The summed E-state index contributed by atoms with van der Waals surface area (Å²) in [5.41, 5.74) is 3.03. The van der Waals surface area contributed by atoms with Crippen LogP contribution in [0.2, 0.25) is 10.0 Å². The number of anilines is 1. The molecule has 3 aromatic rings. The van der Waals surface area contributed by atoms with Gasteiger partial charge in [-0.25, -0.2) is 4.98 Å². The minimum atomic E-state index is 0.393. The van der Waals surface area contributed by atoms with E-state index in [1.807, 2.05) is 24.4 Å². The number of rotatable bonds is 7. The number of hydrogen-bond acceptors (Lipinski definition) is 6. The van der Waals surface area contributed by atoms with Crippen LogP contribution in [-0.4, -0.2) is 36.3 Å². The number of benzene rings is 1. The number of nitrogens with zero attached hydrogens (tertiary/aromatic N) is 3. The van der Waals surface area contributed by atoms with E-state index in [0.29, 0.717) is 36.5 Å². The monoisotopic (exact) mass is 463 g/mol. The number of morpholine rings is 1. The lowest BCUT2D eigenvalue weighted by molar-refractivity contribution is 0.108. The van der Waals surface area contributed by atoms with Gasteiger partial charge in [-0.3, -0.25) is 4.98 Å². The highest BCUT2D eigenvalue weighted by Crippen LogP contribution is 2.35. The average Bonchev–Trinajstić information content (AvgIpc) is 3.21. The van der Waals surface area contributed by atoms with Crippen LogP contribution >= 0.6 is 34.5 Å². The third-order valence-corrected chi connectivity index (χ3v) is 6.86. The Morgan fingerprint density at radius 2 is 2.00 bits per heavy atom. The Balaban J connectivity index is 1.56. The third-order valence-electron chi connectivity index (χ3n) is 4.94. The zero-order chi connectivity index (χ0) is 20.9. The van der Waals surface area contributed by atoms with Gasteiger partial charge < -0.3 is 14.4 Å². The van der Waals surface area contributed by atoms with E-state index in [4.69, 9.17) is 37.7 Å². The highest BCUT2D eigenvalue weighted by molar-refractivity contribution is 7.15. The van der Waals surface area contributed by atoms with Gasteiger partial charge in [0.1, 0.15) is 10.8 Å². The van der Waals surface area contributed by atoms with Crippen LogP contribution in [-0.2, 0) is 29.1 Å². The second-order valence-corrected chi connectivity index (χ2v) is 8.83. The number of thiazole rings is 1. The summed E-state index contributed by atoms with van der Waals surface area (Å²) in [5, 5.41) is 2.06. The predicted molar refractivity (Wildman–Crippen MR) is 123 cm³/mol. The molecule has 0 saturated carbocycles. The summed E-state index contributed by atoms with van der Waals surface area (Å²) in [7, 11) is 0. The van der Waals surface area contributed by atoms with Crippen molar-refractivity contribution in [1.29, 1.82) is 0 Å². The number of halogens is 2. The zero-order valence-corrected chi connectivity index (χ0v) is 19.1. The van der Waals surface area contributed by atoms with E-state index in [-0.39, 0.29) is 0 Å². The van der Waals surface area contributed by atoms with Gasteiger partial charge in [-0.1, -0.05) is 42.3 Å². The van der Waals surface area contributed by atoms with Crippen molar-refractivity contribution in [3.8, 4) is 10.6 Å². The number of pyridine rings is 1. The molecule has 0 radical (unpaired) electrons. The lowest BCUT2D eigenvalue weighted by atomic mass is 10.2. The van der Waals surface area contributed by atoms with Crippen LogP contribution < -0.4 is 4.90 Å². The van der Waals surface area contributed by atoms with E-state index in [0.717, 1.165) is 52.0 Å². The summed E-state index contributed by atoms with van der Waals surface area (Å²) in [6, 6.07) is 9.71. The van der Waals surface area contributed by atoms with E-state index in [1.165, 1.54) is 0 Å². The largest absolute Gasteiger partial charge is 0.378 e. The second kappa shape index (κ2) is 10.1. The van der Waals surface area contributed by atoms with Gasteiger partial charge in [0.05, 0.1) is 41.3 Å². The Kier molecular flexibility index (Phi) is 7.23. The lowest BCUT2D eigenvalue weighted by Crippen LogP contribution is -2.37. The molecule has 1 aliphatic rings. The molecule has 3 heterocycles. The normalized spacial score (nSPS) is 14.3. The van der Waals surface area contributed by atoms with Crippen LogP contribution in [0.1, 0.15) is 23.1 Å². The first kappa shape index (κ1) is 21.5. The van der Waals surface area contributed by atoms with Crippen LogP contribution in [0.3, 0.4) is 0 Å². The van der Waals surface area contributed by atoms with Gasteiger partial charge in [0.25, 0.3) is 0 Å². The maximum atomic E-state index is 6.29. The fourth-order valence-corrected chi connectivity index (χ4v) is 4.69. The summed E-state index contributed by atoms with van der Waals surface area (Å²) >= 11 is 14.1. The zero-order valence-electron chi connectivity index (χ0n) is 16.7. The Morgan fingerprint density at radius 1 is 1.17 bits per heavy atom. The van der Waals surface area contributed by atoms with E-state index < -0.39 is 0 Å². The SMILES string of the molecule is CCc1cc(-c2nc(N3CCOCC3)c(COCc3cccc(Cl)c3Cl)s2)ccn1. The van der Waals surface area contributed by atoms with E-state index in [1.54, 1.807) is 17.4 Å².